The largest absolute Gasteiger partial charge is 0.322 e. The van der Waals surface area contributed by atoms with E-state index in [1.807, 2.05) is 0 Å². The van der Waals surface area contributed by atoms with E-state index in [2.05, 4.69) is 5.32 Å². The van der Waals surface area contributed by atoms with Crippen LogP contribution in [0.4, 0.5) is 14.5 Å². The van der Waals surface area contributed by atoms with Crippen molar-refractivity contribution in [2.24, 2.45) is 0 Å². The molecule has 118 valence electrons. The van der Waals surface area contributed by atoms with Crippen molar-refractivity contribution in [2.75, 3.05) is 18.9 Å². The molecule has 0 aliphatic heterocycles. The molecule has 0 saturated carbocycles. The van der Waals surface area contributed by atoms with Crippen LogP contribution in [-0.4, -0.2) is 32.2 Å². The van der Waals surface area contributed by atoms with Gasteiger partial charge in [0.25, 0.3) is 10.0 Å². The predicted molar refractivity (Wildman–Crippen MR) is 79.1 cm³/mol. The van der Waals surface area contributed by atoms with Crippen LogP contribution in [0.15, 0.2) is 39.9 Å². The summed E-state index contributed by atoms with van der Waals surface area (Å²) >= 11 is 1.02. The zero-order valence-corrected chi connectivity index (χ0v) is 13.0. The van der Waals surface area contributed by atoms with Crippen molar-refractivity contribution in [3.05, 3.63) is 47.3 Å². The highest BCUT2D eigenvalue weighted by atomic mass is 32.2. The Morgan fingerprint density at radius 1 is 1.32 bits per heavy atom. The van der Waals surface area contributed by atoms with Crippen LogP contribution in [0.5, 0.6) is 0 Å². The summed E-state index contributed by atoms with van der Waals surface area (Å²) in [7, 11) is -2.55. The number of hydrogen-bond donors (Lipinski definition) is 1. The highest BCUT2D eigenvalue weighted by Gasteiger charge is 2.24. The lowest BCUT2D eigenvalue weighted by Gasteiger charge is -2.15. The first-order valence-electron chi connectivity index (χ1n) is 6.05. The van der Waals surface area contributed by atoms with Crippen LogP contribution in [0.1, 0.15) is 0 Å². The van der Waals surface area contributed by atoms with Crippen LogP contribution in [0.25, 0.3) is 0 Å². The van der Waals surface area contributed by atoms with E-state index in [0.29, 0.717) is 0 Å². The van der Waals surface area contributed by atoms with Gasteiger partial charge in [-0.05, 0) is 23.6 Å². The number of carbonyl (C=O) groups is 1. The quantitative estimate of drug-likeness (QED) is 0.903. The van der Waals surface area contributed by atoms with Crippen molar-refractivity contribution in [1.29, 1.82) is 0 Å². The fourth-order valence-electron chi connectivity index (χ4n) is 1.63. The number of hydrogen-bond acceptors (Lipinski definition) is 4. The van der Waals surface area contributed by atoms with E-state index in [0.717, 1.165) is 33.8 Å². The number of amides is 1. The molecule has 0 atom stereocenters. The molecule has 0 saturated heterocycles. The molecule has 1 N–H and O–H groups in total. The molecule has 0 unspecified atom stereocenters. The number of likely N-dealkylation sites (N-methyl/N-ethyl adjacent to an activating group) is 1. The van der Waals surface area contributed by atoms with Crippen LogP contribution in [0.3, 0.4) is 0 Å². The highest BCUT2D eigenvalue weighted by molar-refractivity contribution is 7.91. The SMILES string of the molecule is CN(CC(=O)Nc1cc(F)ccc1F)S(=O)(=O)c1cccs1. The summed E-state index contributed by atoms with van der Waals surface area (Å²) in [4.78, 5) is 11.8. The Labute approximate surface area is 130 Å². The van der Waals surface area contributed by atoms with Gasteiger partial charge in [0.1, 0.15) is 15.8 Å². The third-order valence-electron chi connectivity index (χ3n) is 2.73. The van der Waals surface area contributed by atoms with E-state index in [9.17, 15) is 22.0 Å². The van der Waals surface area contributed by atoms with Crippen LogP contribution >= 0.6 is 11.3 Å². The molecule has 1 aromatic heterocycles. The molecule has 0 spiro atoms. The lowest BCUT2D eigenvalue weighted by molar-refractivity contribution is -0.116. The van der Waals surface area contributed by atoms with Gasteiger partial charge in [-0.2, -0.15) is 4.31 Å². The number of nitrogens with one attached hydrogen (secondary N) is 1. The highest BCUT2D eigenvalue weighted by Crippen LogP contribution is 2.20. The van der Waals surface area contributed by atoms with Gasteiger partial charge < -0.3 is 5.32 Å². The van der Waals surface area contributed by atoms with E-state index in [1.54, 1.807) is 11.4 Å². The first kappa shape index (κ1) is 16.5. The van der Waals surface area contributed by atoms with Gasteiger partial charge in [-0.1, -0.05) is 6.07 Å². The summed E-state index contributed by atoms with van der Waals surface area (Å²) in [6.45, 7) is -0.518. The van der Waals surface area contributed by atoms with Gasteiger partial charge in [-0.25, -0.2) is 17.2 Å². The standard InChI is InChI=1S/C13H12F2N2O3S2/c1-17(22(19,20)13-3-2-6-21-13)8-12(18)16-11-7-9(14)4-5-10(11)15/h2-7H,8H2,1H3,(H,16,18). The van der Waals surface area contributed by atoms with E-state index >= 15 is 0 Å². The number of anilines is 1. The minimum Gasteiger partial charge on any atom is -0.322 e. The summed E-state index contributed by atoms with van der Waals surface area (Å²) in [5.41, 5.74) is -0.341. The second-order valence-corrected chi connectivity index (χ2v) is 7.58. The maximum Gasteiger partial charge on any atom is 0.252 e. The fraction of sp³-hybridized carbons (Fsp3) is 0.154. The molecule has 1 heterocycles. The number of sulfonamides is 1. The topological polar surface area (TPSA) is 66.5 Å². The first-order valence-corrected chi connectivity index (χ1v) is 8.37. The van der Waals surface area contributed by atoms with E-state index in [-0.39, 0.29) is 9.90 Å². The smallest absolute Gasteiger partial charge is 0.252 e. The lowest BCUT2D eigenvalue weighted by atomic mass is 10.3. The zero-order valence-electron chi connectivity index (χ0n) is 11.4. The van der Waals surface area contributed by atoms with Gasteiger partial charge in [-0.15, -0.1) is 11.3 Å². The minimum absolute atomic E-state index is 0.0970. The van der Waals surface area contributed by atoms with Crippen molar-refractivity contribution >= 4 is 33.0 Å². The Bertz CT molecular complexity index is 777. The minimum atomic E-state index is -3.78. The van der Waals surface area contributed by atoms with E-state index < -0.39 is 34.1 Å². The van der Waals surface area contributed by atoms with E-state index in [4.69, 9.17) is 0 Å². The van der Waals surface area contributed by atoms with Crippen LogP contribution in [0.2, 0.25) is 0 Å². The summed E-state index contributed by atoms with van der Waals surface area (Å²) < 4.78 is 51.6. The number of rotatable bonds is 5. The molecule has 0 aliphatic rings. The maximum atomic E-state index is 13.4. The molecule has 1 aromatic carbocycles. The monoisotopic (exact) mass is 346 g/mol. The van der Waals surface area contributed by atoms with Crippen molar-refractivity contribution in [3.63, 3.8) is 0 Å². The average Bonchev–Trinajstić information content (AvgIpc) is 2.97. The van der Waals surface area contributed by atoms with E-state index in [1.165, 1.54) is 13.1 Å². The fourth-order valence-corrected chi connectivity index (χ4v) is 3.96. The summed E-state index contributed by atoms with van der Waals surface area (Å²) in [5, 5.41) is 3.74. The number of benzene rings is 1. The summed E-state index contributed by atoms with van der Waals surface area (Å²) in [6, 6.07) is 5.60. The van der Waals surface area contributed by atoms with Crippen LogP contribution in [-0.2, 0) is 14.8 Å². The lowest BCUT2D eigenvalue weighted by Crippen LogP contribution is -2.34. The second kappa shape index (κ2) is 6.51. The Kier molecular flexibility index (Phi) is 4.89. The number of nitrogens with zero attached hydrogens (tertiary/aromatic N) is 1. The third-order valence-corrected chi connectivity index (χ3v) is 5.90. The van der Waals surface area contributed by atoms with Gasteiger partial charge in [0.15, 0.2) is 0 Å². The van der Waals surface area contributed by atoms with Crippen molar-refractivity contribution in [2.45, 2.75) is 4.21 Å². The Balaban J connectivity index is 2.07. The molecule has 0 fully saturated rings. The normalized spacial score (nSPS) is 11.6. The number of halogens is 2. The Morgan fingerprint density at radius 3 is 2.68 bits per heavy atom. The van der Waals surface area contributed by atoms with Gasteiger partial charge in [0.2, 0.25) is 5.91 Å². The third kappa shape index (κ3) is 3.67. The second-order valence-electron chi connectivity index (χ2n) is 4.37. The molecule has 5 nitrogen and oxygen atoms in total. The molecular formula is C13H12F2N2O3S2. The molecule has 22 heavy (non-hydrogen) atoms. The maximum absolute atomic E-state index is 13.4. The van der Waals surface area contributed by atoms with Gasteiger partial charge in [-0.3, -0.25) is 4.79 Å². The number of carbonyl (C=O) groups excluding carboxylic acids is 1. The van der Waals surface area contributed by atoms with Crippen LogP contribution in [0, 0.1) is 11.6 Å². The van der Waals surface area contributed by atoms with Gasteiger partial charge in [0.05, 0.1) is 12.2 Å². The summed E-state index contributed by atoms with van der Waals surface area (Å²) in [6.07, 6.45) is 0. The predicted octanol–water partition coefficient (Wildman–Crippen LogP) is 2.29. The molecule has 2 aromatic rings. The molecular weight excluding hydrogens is 334 g/mol. The van der Waals surface area contributed by atoms with Crippen molar-refractivity contribution in [1.82, 2.24) is 4.31 Å². The number of thiophene rings is 1. The first-order chi connectivity index (χ1) is 10.3. The molecule has 0 aliphatic carbocycles. The zero-order chi connectivity index (χ0) is 16.3. The average molecular weight is 346 g/mol. The molecule has 9 heteroatoms. The molecule has 1 amide bonds. The summed E-state index contributed by atoms with van der Waals surface area (Å²) in [5.74, 6) is -2.29. The van der Waals surface area contributed by atoms with Crippen molar-refractivity contribution < 1.29 is 22.0 Å². The van der Waals surface area contributed by atoms with Crippen LogP contribution < -0.4 is 5.32 Å². The molecule has 0 radical (unpaired) electrons. The molecule has 2 rings (SSSR count). The Hall–Kier alpha value is -1.84. The molecule has 0 bridgehead atoms. The van der Waals surface area contributed by atoms with Gasteiger partial charge >= 0.3 is 0 Å². The Morgan fingerprint density at radius 2 is 2.05 bits per heavy atom. The van der Waals surface area contributed by atoms with Gasteiger partial charge in [0, 0.05) is 13.1 Å². The van der Waals surface area contributed by atoms with Crippen molar-refractivity contribution in [3.8, 4) is 0 Å².